The van der Waals surface area contributed by atoms with Crippen LogP contribution in [0.15, 0.2) is 200 Å². The molecule has 0 unspecified atom stereocenters. The summed E-state index contributed by atoms with van der Waals surface area (Å²) in [5.41, 5.74) is 13.1. The van der Waals surface area contributed by atoms with E-state index in [9.17, 15) is 0 Å². The third-order valence-electron chi connectivity index (χ3n) is 10.9. The largest absolute Gasteiger partial charge is 0.309 e. The van der Waals surface area contributed by atoms with Gasteiger partial charge in [-0.15, -0.1) is 11.3 Å². The Kier molecular flexibility index (Phi) is 7.68. The molecule has 0 saturated heterocycles. The third kappa shape index (κ3) is 5.58. The predicted octanol–water partition coefficient (Wildman–Crippen LogP) is 14.3. The molecular formula is C52H33N3S. The molecule has 0 saturated carbocycles. The molecular weight excluding hydrogens is 699 g/mol. The molecule has 0 fully saturated rings. The molecule has 56 heavy (non-hydrogen) atoms. The van der Waals surface area contributed by atoms with Gasteiger partial charge in [0.2, 0.25) is 0 Å². The lowest BCUT2D eigenvalue weighted by Gasteiger charge is -2.12. The summed E-state index contributed by atoms with van der Waals surface area (Å²) in [4.78, 5) is 10.2. The molecule has 0 amide bonds. The van der Waals surface area contributed by atoms with Gasteiger partial charge in [0.1, 0.15) is 0 Å². The highest BCUT2D eigenvalue weighted by Gasteiger charge is 2.14. The average Bonchev–Trinajstić information content (AvgIpc) is 3.82. The van der Waals surface area contributed by atoms with Crippen LogP contribution in [-0.2, 0) is 0 Å². The van der Waals surface area contributed by atoms with Gasteiger partial charge in [-0.25, -0.2) is 9.97 Å². The van der Waals surface area contributed by atoms with Crippen molar-refractivity contribution in [3.63, 3.8) is 0 Å². The summed E-state index contributed by atoms with van der Waals surface area (Å²) in [7, 11) is 0. The van der Waals surface area contributed by atoms with Crippen LogP contribution in [0.2, 0.25) is 0 Å². The lowest BCUT2D eigenvalue weighted by molar-refractivity contribution is 1.17. The minimum atomic E-state index is 0.706. The van der Waals surface area contributed by atoms with Crippen LogP contribution in [-0.4, -0.2) is 14.5 Å². The average molecular weight is 732 g/mol. The molecule has 8 aromatic carbocycles. The number of thiophene rings is 1. The van der Waals surface area contributed by atoms with Gasteiger partial charge in [-0.3, -0.25) is 0 Å². The summed E-state index contributed by atoms with van der Waals surface area (Å²) < 4.78 is 5.00. The van der Waals surface area contributed by atoms with Crippen LogP contribution in [0.25, 0.3) is 104 Å². The first kappa shape index (κ1) is 32.3. The Labute approximate surface area is 328 Å². The van der Waals surface area contributed by atoms with Gasteiger partial charge in [0.15, 0.2) is 5.82 Å². The Morgan fingerprint density at radius 1 is 0.321 bits per heavy atom. The van der Waals surface area contributed by atoms with Crippen molar-refractivity contribution in [2.45, 2.75) is 0 Å². The summed E-state index contributed by atoms with van der Waals surface area (Å²) in [5, 5.41) is 5.15. The molecule has 262 valence electrons. The first-order valence-corrected chi connectivity index (χ1v) is 19.7. The van der Waals surface area contributed by atoms with Crippen molar-refractivity contribution in [1.29, 1.82) is 0 Å². The van der Waals surface area contributed by atoms with E-state index in [1.165, 1.54) is 58.7 Å². The van der Waals surface area contributed by atoms with Gasteiger partial charge < -0.3 is 4.57 Å². The van der Waals surface area contributed by atoms with Gasteiger partial charge in [-0.1, -0.05) is 152 Å². The van der Waals surface area contributed by atoms with Crippen molar-refractivity contribution >= 4 is 53.3 Å². The molecule has 0 radical (unpaired) electrons. The SMILES string of the molecule is c1ccc(-c2nc(-c3ccc(-c4ccc(-c5ccc6sc7ccccc7c6c5)cc4)cc3)cc(-c3ccc(-n4c5ccccc5c5ccccc54)cc3)n2)cc1. The molecule has 0 aliphatic heterocycles. The molecule has 0 spiro atoms. The van der Waals surface area contributed by atoms with Crippen molar-refractivity contribution < 1.29 is 0 Å². The molecule has 0 atom stereocenters. The molecule has 11 aromatic rings. The molecule has 0 aliphatic rings. The Morgan fingerprint density at radius 2 is 0.786 bits per heavy atom. The zero-order valence-corrected chi connectivity index (χ0v) is 31.1. The maximum absolute atomic E-state index is 5.10. The van der Waals surface area contributed by atoms with Crippen LogP contribution >= 0.6 is 11.3 Å². The van der Waals surface area contributed by atoms with Crippen molar-refractivity contribution in [2.75, 3.05) is 0 Å². The standard InChI is InChI=1S/C52H33N3S/c1-2-10-39(11-3-1)52-53-46(33-47(54-52)38-26-29-41(30-27-38)55-48-15-7-4-12-42(48)43-13-5-8-16-49(43)55)37-24-22-35(23-25-37)34-18-20-36(21-19-34)40-28-31-51-45(32-40)44-14-6-9-17-50(44)56-51/h1-33H. The Bertz CT molecular complexity index is 3160. The number of para-hydroxylation sites is 2. The molecule has 3 nitrogen and oxygen atoms in total. The number of hydrogen-bond acceptors (Lipinski definition) is 3. The van der Waals surface area contributed by atoms with Gasteiger partial charge >= 0.3 is 0 Å². The first-order chi connectivity index (χ1) is 27.7. The topological polar surface area (TPSA) is 30.7 Å². The van der Waals surface area contributed by atoms with Gasteiger partial charge in [0.05, 0.1) is 22.4 Å². The van der Waals surface area contributed by atoms with Gasteiger partial charge in [-0.05, 0) is 70.8 Å². The summed E-state index contributed by atoms with van der Waals surface area (Å²) in [6, 6.07) is 71.4. The van der Waals surface area contributed by atoms with Crippen molar-refractivity contribution in [1.82, 2.24) is 14.5 Å². The highest BCUT2D eigenvalue weighted by molar-refractivity contribution is 7.25. The Hall–Kier alpha value is -7.14. The normalized spacial score (nSPS) is 11.6. The minimum absolute atomic E-state index is 0.706. The molecule has 3 heterocycles. The van der Waals surface area contributed by atoms with Gasteiger partial charge in [0.25, 0.3) is 0 Å². The maximum Gasteiger partial charge on any atom is 0.160 e. The predicted molar refractivity (Wildman–Crippen MR) is 236 cm³/mol. The molecule has 11 rings (SSSR count). The van der Waals surface area contributed by atoms with Crippen LogP contribution in [0.4, 0.5) is 0 Å². The quantitative estimate of drug-likeness (QED) is 0.170. The molecule has 4 heteroatoms. The molecule has 0 bridgehead atoms. The van der Waals surface area contributed by atoms with Crippen molar-refractivity contribution in [3.8, 4) is 61.8 Å². The highest BCUT2D eigenvalue weighted by Crippen LogP contribution is 2.38. The second-order valence-corrected chi connectivity index (χ2v) is 15.3. The minimum Gasteiger partial charge on any atom is -0.309 e. The van der Waals surface area contributed by atoms with Gasteiger partial charge in [0, 0.05) is 53.3 Å². The van der Waals surface area contributed by atoms with E-state index in [-0.39, 0.29) is 0 Å². The molecule has 0 N–H and O–H groups in total. The van der Waals surface area contributed by atoms with Gasteiger partial charge in [-0.2, -0.15) is 0 Å². The summed E-state index contributed by atoms with van der Waals surface area (Å²) in [5.74, 6) is 0.706. The van der Waals surface area contributed by atoms with E-state index in [1.54, 1.807) is 0 Å². The lowest BCUT2D eigenvalue weighted by atomic mass is 9.98. The molecule has 3 aromatic heterocycles. The van der Waals surface area contributed by atoms with Crippen molar-refractivity contribution in [3.05, 3.63) is 200 Å². The number of nitrogens with zero attached hydrogens (tertiary/aromatic N) is 3. The zero-order valence-electron chi connectivity index (χ0n) is 30.3. The van der Waals surface area contributed by atoms with E-state index < -0.39 is 0 Å². The monoisotopic (exact) mass is 731 g/mol. The van der Waals surface area contributed by atoms with E-state index >= 15 is 0 Å². The second kappa shape index (κ2) is 13.3. The van der Waals surface area contributed by atoms with Crippen molar-refractivity contribution in [2.24, 2.45) is 0 Å². The second-order valence-electron chi connectivity index (χ2n) is 14.2. The number of aromatic nitrogens is 3. The summed E-state index contributed by atoms with van der Waals surface area (Å²) >= 11 is 1.86. The number of rotatable bonds is 6. The fourth-order valence-electron chi connectivity index (χ4n) is 8.04. The zero-order chi connectivity index (χ0) is 37.0. The molecule has 0 aliphatic carbocycles. The van der Waals surface area contributed by atoms with Crippen LogP contribution in [0.5, 0.6) is 0 Å². The number of fused-ring (bicyclic) bond motifs is 6. The Balaban J connectivity index is 0.918. The highest BCUT2D eigenvalue weighted by atomic mass is 32.1. The van der Waals surface area contributed by atoms with Crippen LogP contribution in [0, 0.1) is 0 Å². The number of hydrogen-bond donors (Lipinski definition) is 0. The maximum atomic E-state index is 5.10. The summed E-state index contributed by atoms with van der Waals surface area (Å²) in [6.45, 7) is 0. The van der Waals surface area contributed by atoms with Crippen LogP contribution in [0.3, 0.4) is 0 Å². The van der Waals surface area contributed by atoms with E-state index in [1.807, 2.05) is 29.5 Å². The van der Waals surface area contributed by atoms with E-state index in [0.29, 0.717) is 5.82 Å². The Morgan fingerprint density at radius 3 is 1.41 bits per heavy atom. The summed E-state index contributed by atoms with van der Waals surface area (Å²) in [6.07, 6.45) is 0. The van der Waals surface area contributed by atoms with E-state index in [2.05, 4.69) is 187 Å². The smallest absolute Gasteiger partial charge is 0.160 e. The number of benzene rings is 8. The fraction of sp³-hybridized carbons (Fsp3) is 0. The van der Waals surface area contributed by atoms with Crippen LogP contribution in [0.1, 0.15) is 0 Å². The van der Waals surface area contributed by atoms with E-state index in [0.717, 1.165) is 39.3 Å². The van der Waals surface area contributed by atoms with Crippen LogP contribution < -0.4 is 0 Å². The van der Waals surface area contributed by atoms with E-state index in [4.69, 9.17) is 9.97 Å². The third-order valence-corrected chi connectivity index (χ3v) is 12.0. The first-order valence-electron chi connectivity index (χ1n) is 18.9. The fourth-order valence-corrected chi connectivity index (χ4v) is 9.12. The lowest BCUT2D eigenvalue weighted by Crippen LogP contribution is -1.97.